The summed E-state index contributed by atoms with van der Waals surface area (Å²) in [5.41, 5.74) is 0.0796. The molecule has 0 aliphatic carbocycles. The van der Waals surface area contributed by atoms with Crippen molar-refractivity contribution in [1.29, 1.82) is 0 Å². The van der Waals surface area contributed by atoms with Crippen LogP contribution < -0.4 is 11.2 Å². The number of aromatic nitrogens is 3. The molecule has 2 aromatic carbocycles. The lowest BCUT2D eigenvalue weighted by Crippen LogP contribution is -2.23. The smallest absolute Gasteiger partial charge is 0.306 e. The predicted molar refractivity (Wildman–Crippen MR) is 108 cm³/mol. The molecule has 12 heteroatoms. The molecule has 0 saturated carbocycles. The second-order valence-electron chi connectivity index (χ2n) is 5.86. The third-order valence-corrected chi connectivity index (χ3v) is 5.14. The molecule has 0 bridgehead atoms. The number of nitrogen functional groups attached to an aromatic ring is 1. The highest BCUT2D eigenvalue weighted by molar-refractivity contribution is 8.00. The number of hydrogen-bond acceptors (Lipinski definition) is 7. The number of carbonyl (C=O) groups is 1. The second-order valence-corrected chi connectivity index (χ2v) is 7.60. The Kier molecular flexibility index (Phi) is 5.99. The summed E-state index contributed by atoms with van der Waals surface area (Å²) >= 11 is 6.92. The van der Waals surface area contributed by atoms with Crippen molar-refractivity contribution in [3.05, 3.63) is 63.4 Å². The number of carbonyl (C=O) groups excluding carboxylic acids is 1. The van der Waals surface area contributed by atoms with Crippen LogP contribution in [0.15, 0.2) is 47.6 Å². The van der Waals surface area contributed by atoms with Gasteiger partial charge in [-0.15, -0.1) is 10.2 Å². The van der Waals surface area contributed by atoms with Crippen molar-refractivity contribution in [2.45, 2.75) is 17.3 Å². The molecule has 1 atom stereocenters. The molecule has 9 nitrogen and oxygen atoms in total. The van der Waals surface area contributed by atoms with Gasteiger partial charge in [0.2, 0.25) is 16.9 Å². The number of nitrogens with one attached hydrogen (secondary N) is 1. The molecule has 1 heterocycles. The summed E-state index contributed by atoms with van der Waals surface area (Å²) in [6, 6.07) is 9.97. The number of nitrogens with two attached hydrogens (primary N) is 1. The Balaban J connectivity index is 1.71. The number of thioether (sulfide) groups is 1. The third-order valence-electron chi connectivity index (χ3n) is 3.83. The van der Waals surface area contributed by atoms with Gasteiger partial charge in [-0.05, 0) is 43.3 Å². The van der Waals surface area contributed by atoms with E-state index < -0.39 is 27.6 Å². The van der Waals surface area contributed by atoms with E-state index in [-0.39, 0.29) is 5.69 Å². The maximum Gasteiger partial charge on any atom is 0.306 e. The molecule has 3 aromatic rings. The average molecular weight is 437 g/mol. The minimum Gasteiger partial charge on any atom is -0.335 e. The molecule has 0 aliphatic rings. The number of halogens is 2. The van der Waals surface area contributed by atoms with Crippen LogP contribution in [0.2, 0.25) is 5.02 Å². The molecule has 29 heavy (non-hydrogen) atoms. The molecule has 0 spiro atoms. The number of nitro groups is 1. The number of benzene rings is 2. The van der Waals surface area contributed by atoms with Crippen molar-refractivity contribution in [2.24, 2.45) is 0 Å². The summed E-state index contributed by atoms with van der Waals surface area (Å²) in [6.45, 7) is 1.61. The van der Waals surface area contributed by atoms with Gasteiger partial charge in [-0.2, -0.15) is 4.39 Å². The Morgan fingerprint density at radius 3 is 2.66 bits per heavy atom. The van der Waals surface area contributed by atoms with E-state index in [1.54, 1.807) is 31.2 Å². The first-order chi connectivity index (χ1) is 13.8. The Labute approximate surface area is 173 Å². The fourth-order valence-electron chi connectivity index (χ4n) is 2.34. The molecule has 1 amide bonds. The number of rotatable bonds is 6. The molecular formula is C17H14ClFN6O3S. The van der Waals surface area contributed by atoms with E-state index in [9.17, 15) is 19.3 Å². The van der Waals surface area contributed by atoms with E-state index in [4.69, 9.17) is 17.4 Å². The zero-order valence-corrected chi connectivity index (χ0v) is 16.4. The van der Waals surface area contributed by atoms with Gasteiger partial charge in [0.1, 0.15) is 0 Å². The van der Waals surface area contributed by atoms with Gasteiger partial charge in [0.05, 0.1) is 10.2 Å². The number of nitrogens with zero attached hydrogens (tertiary/aromatic N) is 4. The lowest BCUT2D eigenvalue weighted by atomic mass is 10.2. The van der Waals surface area contributed by atoms with Crippen molar-refractivity contribution in [1.82, 2.24) is 14.9 Å². The molecule has 1 aromatic heterocycles. The highest BCUT2D eigenvalue weighted by Gasteiger charge is 2.21. The number of anilines is 1. The first-order valence-corrected chi connectivity index (χ1v) is 9.40. The fourth-order valence-corrected chi connectivity index (χ4v) is 3.24. The Morgan fingerprint density at radius 2 is 2.00 bits per heavy atom. The highest BCUT2D eigenvalue weighted by atomic mass is 35.5. The average Bonchev–Trinajstić information content (AvgIpc) is 3.04. The summed E-state index contributed by atoms with van der Waals surface area (Å²) in [4.78, 5) is 22.4. The third kappa shape index (κ3) is 4.63. The Bertz CT molecular complexity index is 1080. The largest absolute Gasteiger partial charge is 0.335 e. The van der Waals surface area contributed by atoms with Gasteiger partial charge in [0.25, 0.3) is 0 Å². The minimum atomic E-state index is -0.985. The van der Waals surface area contributed by atoms with Gasteiger partial charge >= 0.3 is 5.69 Å². The summed E-state index contributed by atoms with van der Waals surface area (Å²) in [6.07, 6.45) is 0. The lowest BCUT2D eigenvalue weighted by molar-refractivity contribution is -0.387. The Morgan fingerprint density at radius 1 is 1.31 bits per heavy atom. The second kappa shape index (κ2) is 8.45. The van der Waals surface area contributed by atoms with Gasteiger partial charge in [-0.1, -0.05) is 23.4 Å². The predicted octanol–water partition coefficient (Wildman–Crippen LogP) is 3.48. The van der Waals surface area contributed by atoms with Crippen molar-refractivity contribution in [3.8, 4) is 11.4 Å². The van der Waals surface area contributed by atoms with Crippen molar-refractivity contribution < 1.29 is 14.1 Å². The van der Waals surface area contributed by atoms with Crippen LogP contribution in [0.25, 0.3) is 11.4 Å². The quantitative estimate of drug-likeness (QED) is 0.262. The molecular weight excluding hydrogens is 423 g/mol. The van der Waals surface area contributed by atoms with Gasteiger partial charge in [-0.25, -0.2) is 4.68 Å². The zero-order chi connectivity index (χ0) is 21.1. The molecule has 0 aliphatic heterocycles. The van der Waals surface area contributed by atoms with E-state index >= 15 is 0 Å². The molecule has 1 unspecified atom stereocenters. The normalized spacial score (nSPS) is 11.8. The maximum atomic E-state index is 13.4. The fraction of sp³-hybridized carbons (Fsp3) is 0.118. The van der Waals surface area contributed by atoms with Gasteiger partial charge < -0.3 is 11.2 Å². The summed E-state index contributed by atoms with van der Waals surface area (Å²) in [7, 11) is 0. The first-order valence-electron chi connectivity index (χ1n) is 8.14. The van der Waals surface area contributed by atoms with E-state index in [1.807, 2.05) is 0 Å². The standard InChI is InChI=1S/C17H14ClFN6O3S/c1-9(16(26)21-12-6-7-13(19)14(8-12)25(27)28)29-17-23-22-15(24(17)20)10-2-4-11(18)5-3-10/h2-9H,20H2,1H3,(H,21,26). The van der Waals surface area contributed by atoms with Crippen molar-refractivity contribution in [3.63, 3.8) is 0 Å². The summed E-state index contributed by atoms with van der Waals surface area (Å²) < 4.78 is 14.7. The molecule has 0 fully saturated rings. The van der Waals surface area contributed by atoms with Crippen LogP contribution in [0.4, 0.5) is 15.8 Å². The van der Waals surface area contributed by atoms with Gasteiger partial charge in [0, 0.05) is 22.3 Å². The summed E-state index contributed by atoms with van der Waals surface area (Å²) in [5, 5.41) is 21.5. The highest BCUT2D eigenvalue weighted by Crippen LogP contribution is 2.27. The van der Waals surface area contributed by atoms with Crippen molar-refractivity contribution >= 4 is 40.6 Å². The number of amides is 1. The van der Waals surface area contributed by atoms with Crippen LogP contribution in [0, 0.1) is 15.9 Å². The topological polar surface area (TPSA) is 129 Å². The van der Waals surface area contributed by atoms with E-state index in [1.165, 1.54) is 10.7 Å². The zero-order valence-electron chi connectivity index (χ0n) is 14.9. The Hall–Kier alpha value is -3.18. The van der Waals surface area contributed by atoms with Gasteiger partial charge in [0.15, 0.2) is 5.82 Å². The first kappa shape index (κ1) is 20.6. The molecule has 0 saturated heterocycles. The van der Waals surface area contributed by atoms with Crippen LogP contribution >= 0.6 is 23.4 Å². The van der Waals surface area contributed by atoms with E-state index in [0.717, 1.165) is 23.9 Å². The van der Waals surface area contributed by atoms with Crippen LogP contribution in [-0.4, -0.2) is 31.0 Å². The van der Waals surface area contributed by atoms with Gasteiger partial charge in [-0.3, -0.25) is 14.9 Å². The monoisotopic (exact) mass is 436 g/mol. The summed E-state index contributed by atoms with van der Waals surface area (Å²) in [5.74, 6) is 4.98. The van der Waals surface area contributed by atoms with Crippen LogP contribution in [0.3, 0.4) is 0 Å². The van der Waals surface area contributed by atoms with Crippen LogP contribution in [0.5, 0.6) is 0 Å². The van der Waals surface area contributed by atoms with Crippen LogP contribution in [0.1, 0.15) is 6.92 Å². The van der Waals surface area contributed by atoms with Crippen molar-refractivity contribution in [2.75, 3.05) is 11.2 Å². The minimum absolute atomic E-state index is 0.103. The molecule has 150 valence electrons. The number of hydrogen-bond donors (Lipinski definition) is 2. The maximum absolute atomic E-state index is 13.4. The lowest BCUT2D eigenvalue weighted by Gasteiger charge is -2.11. The number of nitro benzene ring substituents is 1. The SMILES string of the molecule is CC(Sc1nnc(-c2ccc(Cl)cc2)n1N)C(=O)Nc1ccc(F)c([N+](=O)[O-])c1. The van der Waals surface area contributed by atoms with E-state index in [2.05, 4.69) is 15.5 Å². The molecule has 0 radical (unpaired) electrons. The van der Waals surface area contributed by atoms with E-state index in [0.29, 0.717) is 21.6 Å². The molecule has 3 rings (SSSR count). The molecule has 3 N–H and O–H groups in total. The van der Waals surface area contributed by atoms with Crippen LogP contribution in [-0.2, 0) is 4.79 Å².